The van der Waals surface area contributed by atoms with Crippen molar-refractivity contribution >= 4 is 22.1 Å². The van der Waals surface area contributed by atoms with Gasteiger partial charge in [0.1, 0.15) is 10.7 Å². The maximum absolute atomic E-state index is 12.4. The van der Waals surface area contributed by atoms with Crippen molar-refractivity contribution in [2.24, 2.45) is 11.0 Å². The zero-order valence-corrected chi connectivity index (χ0v) is 14.5. The van der Waals surface area contributed by atoms with E-state index < -0.39 is 10.0 Å². The Kier molecular flexibility index (Phi) is 6.29. The smallest absolute Gasteiger partial charge is 0.244 e. The molecule has 0 aliphatic heterocycles. The van der Waals surface area contributed by atoms with E-state index >= 15 is 0 Å². The van der Waals surface area contributed by atoms with Crippen LogP contribution in [0.2, 0.25) is 0 Å². The van der Waals surface area contributed by atoms with Crippen molar-refractivity contribution in [3.05, 3.63) is 30.5 Å². The zero-order valence-electron chi connectivity index (χ0n) is 13.6. The van der Waals surface area contributed by atoms with Gasteiger partial charge in [-0.15, -0.1) is 0 Å². The summed E-state index contributed by atoms with van der Waals surface area (Å²) in [5.41, 5.74) is 2.85. The van der Waals surface area contributed by atoms with Gasteiger partial charge in [0.2, 0.25) is 10.0 Å². The second kappa shape index (κ2) is 8.21. The molecule has 6 nitrogen and oxygen atoms in total. The van der Waals surface area contributed by atoms with Gasteiger partial charge in [-0.1, -0.05) is 26.0 Å². The van der Waals surface area contributed by atoms with E-state index in [2.05, 4.69) is 27.7 Å². The fourth-order valence-electron chi connectivity index (χ4n) is 2.47. The highest BCUT2D eigenvalue weighted by Crippen LogP contribution is 2.17. The molecule has 0 bridgehead atoms. The second-order valence-electron chi connectivity index (χ2n) is 5.40. The lowest BCUT2D eigenvalue weighted by Gasteiger charge is -2.18. The minimum atomic E-state index is -3.46. The topological polar surface area (TPSA) is 74.7 Å². The SMILES string of the molecule is CCN(CC)S(=O)(=O)c1ccc(N/N=C\[C@@H]2CC=CCC2)nc1. The van der Waals surface area contributed by atoms with Crippen molar-refractivity contribution in [3.63, 3.8) is 0 Å². The number of nitrogens with one attached hydrogen (secondary N) is 1. The minimum absolute atomic E-state index is 0.202. The highest BCUT2D eigenvalue weighted by Gasteiger charge is 2.21. The Balaban J connectivity index is 1.99. The molecule has 1 aromatic heterocycles. The van der Waals surface area contributed by atoms with Crippen LogP contribution in [0, 0.1) is 5.92 Å². The molecule has 1 N–H and O–H groups in total. The van der Waals surface area contributed by atoms with E-state index in [1.807, 2.05) is 20.1 Å². The lowest BCUT2D eigenvalue weighted by Crippen LogP contribution is -2.30. The highest BCUT2D eigenvalue weighted by molar-refractivity contribution is 7.89. The predicted molar refractivity (Wildman–Crippen MR) is 92.9 cm³/mol. The van der Waals surface area contributed by atoms with E-state index in [9.17, 15) is 8.42 Å². The average Bonchev–Trinajstić information content (AvgIpc) is 2.57. The fourth-order valence-corrected chi connectivity index (χ4v) is 3.88. The first kappa shape index (κ1) is 17.6. The molecule has 0 saturated heterocycles. The van der Waals surface area contributed by atoms with Gasteiger partial charge in [0.15, 0.2) is 0 Å². The van der Waals surface area contributed by atoms with Crippen LogP contribution in [0.1, 0.15) is 33.1 Å². The summed E-state index contributed by atoms with van der Waals surface area (Å²) in [6, 6.07) is 3.19. The van der Waals surface area contributed by atoms with Gasteiger partial charge >= 0.3 is 0 Å². The molecule has 23 heavy (non-hydrogen) atoms. The maximum Gasteiger partial charge on any atom is 0.244 e. The van der Waals surface area contributed by atoms with Gasteiger partial charge in [0.25, 0.3) is 0 Å². The molecule has 0 unspecified atom stereocenters. The molecule has 0 spiro atoms. The second-order valence-corrected chi connectivity index (χ2v) is 7.34. The molecular formula is C16H24N4O2S. The van der Waals surface area contributed by atoms with Crippen LogP contribution < -0.4 is 5.43 Å². The third-order valence-electron chi connectivity index (χ3n) is 3.85. The van der Waals surface area contributed by atoms with Crippen LogP contribution in [0.25, 0.3) is 0 Å². The molecule has 7 heteroatoms. The van der Waals surface area contributed by atoms with Gasteiger partial charge < -0.3 is 0 Å². The molecule has 2 rings (SSSR count). The highest BCUT2D eigenvalue weighted by atomic mass is 32.2. The standard InChI is InChI=1S/C16H24N4O2S/c1-3-20(4-2)23(21,22)15-10-11-16(17-13-15)19-18-12-14-8-6-5-7-9-14/h5-6,10-14H,3-4,7-9H2,1-2H3,(H,17,19)/b18-12-/t14-/m1/s1. The van der Waals surface area contributed by atoms with E-state index in [0.717, 1.165) is 19.3 Å². The number of hydrogen-bond acceptors (Lipinski definition) is 5. The molecule has 0 aromatic carbocycles. The number of pyridine rings is 1. The summed E-state index contributed by atoms with van der Waals surface area (Å²) < 4.78 is 26.1. The van der Waals surface area contributed by atoms with Crippen LogP contribution in [0.3, 0.4) is 0 Å². The van der Waals surface area contributed by atoms with Gasteiger partial charge in [-0.05, 0) is 37.3 Å². The molecule has 1 aliphatic rings. The zero-order chi connectivity index (χ0) is 16.7. The molecule has 1 heterocycles. The summed E-state index contributed by atoms with van der Waals surface area (Å²) in [7, 11) is -3.46. The number of hydrazone groups is 1. The van der Waals surface area contributed by atoms with Gasteiger partial charge in [-0.25, -0.2) is 13.4 Å². The number of aromatic nitrogens is 1. The van der Waals surface area contributed by atoms with Crippen LogP contribution in [0.15, 0.2) is 40.5 Å². The molecule has 0 amide bonds. The van der Waals surface area contributed by atoms with Crippen LogP contribution >= 0.6 is 0 Å². The maximum atomic E-state index is 12.4. The summed E-state index contributed by atoms with van der Waals surface area (Å²) >= 11 is 0. The Labute approximate surface area is 138 Å². The van der Waals surface area contributed by atoms with Crippen molar-refractivity contribution in [2.45, 2.75) is 38.0 Å². The van der Waals surface area contributed by atoms with E-state index in [4.69, 9.17) is 0 Å². The van der Waals surface area contributed by atoms with Crippen molar-refractivity contribution < 1.29 is 8.42 Å². The number of hydrogen-bond donors (Lipinski definition) is 1. The largest absolute Gasteiger partial charge is 0.262 e. The summed E-state index contributed by atoms with van der Waals surface area (Å²) in [5, 5.41) is 4.19. The third-order valence-corrected chi connectivity index (χ3v) is 5.89. The van der Waals surface area contributed by atoms with Gasteiger partial charge in [-0.3, -0.25) is 5.43 Å². The molecular weight excluding hydrogens is 312 g/mol. The average molecular weight is 336 g/mol. The first-order valence-electron chi connectivity index (χ1n) is 7.98. The van der Waals surface area contributed by atoms with Crippen molar-refractivity contribution in [1.82, 2.24) is 9.29 Å². The van der Waals surface area contributed by atoms with E-state index in [1.54, 1.807) is 12.1 Å². The number of nitrogens with zero attached hydrogens (tertiary/aromatic N) is 3. The summed E-state index contributed by atoms with van der Waals surface area (Å²) in [5.74, 6) is 0.987. The first-order chi connectivity index (χ1) is 11.1. The Bertz CT molecular complexity index is 649. The van der Waals surface area contributed by atoms with Gasteiger partial charge in [0.05, 0.1) is 0 Å². The molecule has 1 aliphatic carbocycles. The van der Waals surface area contributed by atoms with Crippen molar-refractivity contribution in [2.75, 3.05) is 18.5 Å². The molecule has 1 aromatic rings. The summed E-state index contributed by atoms with van der Waals surface area (Å²) in [6.45, 7) is 4.52. The lowest BCUT2D eigenvalue weighted by molar-refractivity contribution is 0.445. The molecule has 0 radical (unpaired) electrons. The van der Waals surface area contributed by atoms with Crippen molar-refractivity contribution in [3.8, 4) is 0 Å². The van der Waals surface area contributed by atoms with Crippen LogP contribution in [-0.2, 0) is 10.0 Å². The van der Waals surface area contributed by atoms with Crippen LogP contribution in [0.5, 0.6) is 0 Å². The summed E-state index contributed by atoms with van der Waals surface area (Å²) in [4.78, 5) is 4.34. The Hall–Kier alpha value is -1.73. The Morgan fingerprint density at radius 1 is 1.35 bits per heavy atom. The van der Waals surface area contributed by atoms with Crippen LogP contribution in [0.4, 0.5) is 5.82 Å². The molecule has 0 saturated carbocycles. The predicted octanol–water partition coefficient (Wildman–Crippen LogP) is 2.87. The van der Waals surface area contributed by atoms with Gasteiger partial charge in [-0.2, -0.15) is 9.41 Å². The normalized spacial score (nSPS) is 18.7. The summed E-state index contributed by atoms with van der Waals surface area (Å²) in [6.07, 6.45) is 10.8. The minimum Gasteiger partial charge on any atom is -0.262 e. The number of rotatable bonds is 7. The third kappa shape index (κ3) is 4.62. The molecule has 0 fully saturated rings. The van der Waals surface area contributed by atoms with Gasteiger partial charge in [0, 0.05) is 25.5 Å². The number of sulfonamides is 1. The fraction of sp³-hybridized carbons (Fsp3) is 0.500. The van der Waals surface area contributed by atoms with Crippen molar-refractivity contribution in [1.29, 1.82) is 0 Å². The lowest BCUT2D eigenvalue weighted by atomic mass is 9.96. The number of allylic oxidation sites excluding steroid dienone is 2. The molecule has 1 atom stereocenters. The Morgan fingerprint density at radius 2 is 2.13 bits per heavy atom. The monoisotopic (exact) mass is 336 g/mol. The number of anilines is 1. The Morgan fingerprint density at radius 3 is 2.70 bits per heavy atom. The molecule has 126 valence electrons. The quantitative estimate of drug-likeness (QED) is 0.472. The van der Waals surface area contributed by atoms with Crippen LogP contribution in [-0.4, -0.2) is 37.0 Å². The van der Waals surface area contributed by atoms with E-state index in [-0.39, 0.29) is 4.90 Å². The van der Waals surface area contributed by atoms with E-state index in [1.165, 1.54) is 10.5 Å². The van der Waals surface area contributed by atoms with E-state index in [0.29, 0.717) is 24.8 Å². The first-order valence-corrected chi connectivity index (χ1v) is 9.42.